The standard InChI is InChI=1S/C22H13N3O4/c26-20-18-7-2-10-23-21(18)25(14-19(20)22(27)28)17-6-1-4-15(12-17)8-9-16-5-3-11-24(29)13-16/h1-7,10-14H,(H,27,28). The van der Waals surface area contributed by atoms with Crippen LogP contribution in [0.25, 0.3) is 16.7 Å². The van der Waals surface area contributed by atoms with Crippen LogP contribution >= 0.6 is 0 Å². The second-order valence-corrected chi connectivity index (χ2v) is 6.17. The molecule has 0 atom stereocenters. The molecule has 29 heavy (non-hydrogen) atoms. The largest absolute Gasteiger partial charge is 0.619 e. The van der Waals surface area contributed by atoms with Gasteiger partial charge < -0.3 is 14.9 Å². The van der Waals surface area contributed by atoms with Gasteiger partial charge in [0.25, 0.3) is 0 Å². The molecule has 0 aliphatic rings. The van der Waals surface area contributed by atoms with Gasteiger partial charge in [0, 0.05) is 29.7 Å². The fourth-order valence-corrected chi connectivity index (χ4v) is 2.92. The lowest BCUT2D eigenvalue weighted by molar-refractivity contribution is -0.605. The van der Waals surface area contributed by atoms with Crippen LogP contribution < -0.4 is 10.2 Å². The minimum atomic E-state index is -1.31. The minimum Gasteiger partial charge on any atom is -0.619 e. The summed E-state index contributed by atoms with van der Waals surface area (Å²) in [4.78, 5) is 28.2. The molecule has 3 aromatic heterocycles. The normalized spacial score (nSPS) is 10.3. The molecular weight excluding hydrogens is 370 g/mol. The van der Waals surface area contributed by atoms with Crippen LogP contribution in [0.2, 0.25) is 0 Å². The maximum atomic E-state index is 12.4. The molecule has 7 heteroatoms. The van der Waals surface area contributed by atoms with Crippen molar-refractivity contribution in [3.63, 3.8) is 0 Å². The van der Waals surface area contributed by atoms with Gasteiger partial charge in [0.05, 0.1) is 10.9 Å². The summed E-state index contributed by atoms with van der Waals surface area (Å²) in [5, 5.41) is 21.0. The van der Waals surface area contributed by atoms with Crippen LogP contribution in [0.5, 0.6) is 0 Å². The molecule has 0 fully saturated rings. The molecule has 0 aliphatic carbocycles. The van der Waals surface area contributed by atoms with E-state index in [9.17, 15) is 19.9 Å². The van der Waals surface area contributed by atoms with Crippen molar-refractivity contribution in [1.29, 1.82) is 0 Å². The zero-order valence-corrected chi connectivity index (χ0v) is 14.9. The summed E-state index contributed by atoms with van der Waals surface area (Å²) < 4.78 is 2.23. The summed E-state index contributed by atoms with van der Waals surface area (Å²) in [5.74, 6) is 4.59. The molecule has 0 amide bonds. The lowest BCUT2D eigenvalue weighted by atomic mass is 10.1. The van der Waals surface area contributed by atoms with Gasteiger partial charge in [-0.1, -0.05) is 17.9 Å². The Hall–Kier alpha value is -4.44. The lowest BCUT2D eigenvalue weighted by Gasteiger charge is -2.11. The quantitative estimate of drug-likeness (QED) is 0.325. The van der Waals surface area contributed by atoms with Crippen molar-refractivity contribution in [1.82, 2.24) is 9.55 Å². The van der Waals surface area contributed by atoms with Gasteiger partial charge in [0.15, 0.2) is 12.4 Å². The first-order valence-electron chi connectivity index (χ1n) is 8.58. The van der Waals surface area contributed by atoms with Crippen molar-refractivity contribution in [3.05, 3.63) is 105 Å². The van der Waals surface area contributed by atoms with Crippen LogP contribution in [-0.2, 0) is 0 Å². The van der Waals surface area contributed by atoms with Crippen molar-refractivity contribution >= 4 is 17.0 Å². The summed E-state index contributed by atoms with van der Waals surface area (Å²) >= 11 is 0. The molecule has 0 radical (unpaired) electrons. The van der Waals surface area contributed by atoms with E-state index < -0.39 is 11.4 Å². The first-order valence-corrected chi connectivity index (χ1v) is 8.58. The van der Waals surface area contributed by atoms with Crippen molar-refractivity contribution in [2.24, 2.45) is 0 Å². The molecule has 1 aromatic carbocycles. The zero-order valence-electron chi connectivity index (χ0n) is 14.9. The predicted octanol–water partition coefficient (Wildman–Crippen LogP) is 2.12. The topological polar surface area (TPSA) is 99.1 Å². The average Bonchev–Trinajstić information content (AvgIpc) is 2.73. The van der Waals surface area contributed by atoms with Gasteiger partial charge in [-0.05, 0) is 36.4 Å². The minimum absolute atomic E-state index is 0.216. The molecule has 0 unspecified atom stereocenters. The van der Waals surface area contributed by atoms with Crippen molar-refractivity contribution in [3.8, 4) is 17.5 Å². The molecule has 0 spiro atoms. The van der Waals surface area contributed by atoms with Crippen LogP contribution in [0, 0.1) is 17.0 Å². The number of fused-ring (bicyclic) bond motifs is 1. The second-order valence-electron chi connectivity index (χ2n) is 6.17. The van der Waals surface area contributed by atoms with E-state index in [-0.39, 0.29) is 10.9 Å². The molecule has 4 rings (SSSR count). The van der Waals surface area contributed by atoms with Crippen LogP contribution in [0.1, 0.15) is 21.5 Å². The molecule has 0 saturated carbocycles. The van der Waals surface area contributed by atoms with Gasteiger partial charge in [0.2, 0.25) is 5.43 Å². The lowest BCUT2D eigenvalue weighted by Crippen LogP contribution is -2.24. The number of nitrogens with zero attached hydrogens (tertiary/aromatic N) is 3. The Bertz CT molecular complexity index is 1380. The highest BCUT2D eigenvalue weighted by molar-refractivity contribution is 5.92. The third-order valence-electron chi connectivity index (χ3n) is 4.24. The van der Waals surface area contributed by atoms with E-state index in [0.717, 1.165) is 0 Å². The summed E-state index contributed by atoms with van der Waals surface area (Å²) in [6.07, 6.45) is 5.55. The Morgan fingerprint density at radius 3 is 2.69 bits per heavy atom. The van der Waals surface area contributed by atoms with E-state index in [1.165, 1.54) is 24.8 Å². The summed E-state index contributed by atoms with van der Waals surface area (Å²) in [6.45, 7) is 0. The number of aromatic carboxylic acids is 1. The number of hydrogen-bond acceptors (Lipinski definition) is 4. The van der Waals surface area contributed by atoms with Crippen LogP contribution in [0.4, 0.5) is 0 Å². The maximum Gasteiger partial charge on any atom is 0.341 e. The number of carbonyl (C=O) groups is 1. The smallest absolute Gasteiger partial charge is 0.341 e. The van der Waals surface area contributed by atoms with E-state index in [2.05, 4.69) is 16.8 Å². The van der Waals surface area contributed by atoms with Crippen molar-refractivity contribution in [2.75, 3.05) is 0 Å². The zero-order chi connectivity index (χ0) is 20.4. The van der Waals surface area contributed by atoms with Gasteiger partial charge in [-0.15, -0.1) is 0 Å². The monoisotopic (exact) mass is 383 g/mol. The van der Waals surface area contributed by atoms with Crippen LogP contribution in [0.15, 0.2) is 78.1 Å². The van der Waals surface area contributed by atoms with E-state index in [1.54, 1.807) is 53.1 Å². The van der Waals surface area contributed by atoms with E-state index in [1.807, 2.05) is 0 Å². The number of carboxylic acids is 1. The third-order valence-corrected chi connectivity index (χ3v) is 4.24. The Kier molecular flexibility index (Phi) is 4.51. The van der Waals surface area contributed by atoms with Crippen molar-refractivity contribution in [2.45, 2.75) is 0 Å². The third kappa shape index (κ3) is 3.55. The van der Waals surface area contributed by atoms with Gasteiger partial charge >= 0.3 is 5.97 Å². The SMILES string of the molecule is O=C(O)c1cn(-c2cccc(C#Cc3ccc[n+]([O-])c3)c2)c2ncccc2c1=O. The number of pyridine rings is 3. The van der Waals surface area contributed by atoms with Gasteiger partial charge in [-0.2, -0.15) is 4.73 Å². The Morgan fingerprint density at radius 2 is 1.90 bits per heavy atom. The predicted molar refractivity (Wildman–Crippen MR) is 106 cm³/mol. The number of rotatable bonds is 2. The second kappa shape index (κ2) is 7.29. The van der Waals surface area contributed by atoms with Gasteiger partial charge in [-0.3, -0.25) is 4.79 Å². The molecule has 4 aromatic rings. The summed E-state index contributed by atoms with van der Waals surface area (Å²) in [5.41, 5.74) is 1.26. The van der Waals surface area contributed by atoms with Crippen LogP contribution in [-0.4, -0.2) is 20.6 Å². The molecule has 140 valence electrons. The fourth-order valence-electron chi connectivity index (χ4n) is 2.92. The Morgan fingerprint density at radius 1 is 1.10 bits per heavy atom. The van der Waals surface area contributed by atoms with E-state index in [4.69, 9.17) is 0 Å². The summed E-state index contributed by atoms with van der Waals surface area (Å²) in [6, 6.07) is 13.6. The number of benzene rings is 1. The highest BCUT2D eigenvalue weighted by Crippen LogP contribution is 2.17. The maximum absolute atomic E-state index is 12.4. The molecule has 0 aliphatic heterocycles. The highest BCUT2D eigenvalue weighted by atomic mass is 16.5. The highest BCUT2D eigenvalue weighted by Gasteiger charge is 2.15. The fraction of sp³-hybridized carbons (Fsp3) is 0. The average molecular weight is 383 g/mol. The van der Waals surface area contributed by atoms with Crippen molar-refractivity contribution < 1.29 is 14.6 Å². The first-order chi connectivity index (χ1) is 14.0. The number of aromatic nitrogens is 3. The molecule has 7 nitrogen and oxygen atoms in total. The molecule has 0 bridgehead atoms. The van der Waals surface area contributed by atoms with E-state index in [0.29, 0.717) is 27.2 Å². The van der Waals surface area contributed by atoms with Gasteiger partial charge in [0.1, 0.15) is 11.2 Å². The van der Waals surface area contributed by atoms with E-state index >= 15 is 0 Å². The molecule has 0 saturated heterocycles. The Balaban J connectivity index is 1.86. The Labute approximate surface area is 164 Å². The molecule has 1 N–H and O–H groups in total. The molecule has 3 heterocycles. The first kappa shape index (κ1) is 17.9. The number of hydrogen-bond donors (Lipinski definition) is 1. The number of carboxylic acid groups (broad SMARTS) is 1. The molecular formula is C22H13N3O4. The van der Waals surface area contributed by atoms with Gasteiger partial charge in [-0.25, -0.2) is 9.78 Å². The summed E-state index contributed by atoms with van der Waals surface area (Å²) in [7, 11) is 0. The van der Waals surface area contributed by atoms with Crippen LogP contribution in [0.3, 0.4) is 0 Å².